The van der Waals surface area contributed by atoms with Gasteiger partial charge in [0.2, 0.25) is 0 Å². The van der Waals surface area contributed by atoms with Crippen LogP contribution >= 0.6 is 0 Å². The summed E-state index contributed by atoms with van der Waals surface area (Å²) in [6, 6.07) is 0. The van der Waals surface area contributed by atoms with Crippen molar-refractivity contribution < 1.29 is 19.1 Å². The summed E-state index contributed by atoms with van der Waals surface area (Å²) in [7, 11) is 2.49. The SMILES string of the molecule is CC#CCC(C/C=C/C=C/C)(C(=O)OC)C(=O)OC. The van der Waals surface area contributed by atoms with E-state index in [0.717, 1.165) is 0 Å². The smallest absolute Gasteiger partial charge is 0.324 e. The van der Waals surface area contributed by atoms with Gasteiger partial charge in [0.05, 0.1) is 14.2 Å². The fourth-order valence-electron chi connectivity index (χ4n) is 1.56. The zero-order chi connectivity index (χ0) is 14.7. The summed E-state index contributed by atoms with van der Waals surface area (Å²) >= 11 is 0. The Morgan fingerprint density at radius 2 is 1.74 bits per heavy atom. The van der Waals surface area contributed by atoms with Gasteiger partial charge in [-0.05, 0) is 20.3 Å². The lowest BCUT2D eigenvalue weighted by Gasteiger charge is -2.24. The Balaban J connectivity index is 5.38. The number of rotatable bonds is 6. The predicted octanol–water partition coefficient (Wildman–Crippen LogP) is 2.25. The fourth-order valence-corrected chi connectivity index (χ4v) is 1.56. The molecule has 0 radical (unpaired) electrons. The molecule has 0 heterocycles. The van der Waals surface area contributed by atoms with Crippen molar-refractivity contribution in [3.8, 4) is 11.8 Å². The molecular formula is C15H20O4. The van der Waals surface area contributed by atoms with Gasteiger partial charge < -0.3 is 9.47 Å². The van der Waals surface area contributed by atoms with E-state index in [2.05, 4.69) is 11.8 Å². The van der Waals surface area contributed by atoms with E-state index < -0.39 is 17.4 Å². The summed E-state index contributed by atoms with van der Waals surface area (Å²) in [5, 5.41) is 0. The Morgan fingerprint density at radius 3 is 2.16 bits per heavy atom. The van der Waals surface area contributed by atoms with E-state index in [1.807, 2.05) is 19.1 Å². The summed E-state index contributed by atoms with van der Waals surface area (Å²) in [6.45, 7) is 3.52. The first-order chi connectivity index (χ1) is 9.08. The van der Waals surface area contributed by atoms with Crippen LogP contribution in [0.25, 0.3) is 0 Å². The quantitative estimate of drug-likeness (QED) is 0.319. The summed E-state index contributed by atoms with van der Waals surface area (Å²) in [6.07, 6.45) is 7.41. The van der Waals surface area contributed by atoms with Crippen LogP contribution in [0.5, 0.6) is 0 Å². The van der Waals surface area contributed by atoms with E-state index in [4.69, 9.17) is 9.47 Å². The second kappa shape index (κ2) is 8.98. The van der Waals surface area contributed by atoms with Gasteiger partial charge in [0.15, 0.2) is 5.41 Å². The van der Waals surface area contributed by atoms with Gasteiger partial charge in [-0.15, -0.1) is 11.8 Å². The summed E-state index contributed by atoms with van der Waals surface area (Å²) < 4.78 is 9.47. The molecular weight excluding hydrogens is 244 g/mol. The topological polar surface area (TPSA) is 52.6 Å². The van der Waals surface area contributed by atoms with Crippen LogP contribution in [0.15, 0.2) is 24.3 Å². The third-order valence-electron chi connectivity index (χ3n) is 2.63. The second-order valence-electron chi connectivity index (χ2n) is 3.83. The number of ether oxygens (including phenoxy) is 2. The van der Waals surface area contributed by atoms with Crippen LogP contribution in [-0.4, -0.2) is 26.2 Å². The molecule has 0 aliphatic rings. The van der Waals surface area contributed by atoms with Gasteiger partial charge in [-0.3, -0.25) is 9.59 Å². The third kappa shape index (κ3) is 4.63. The van der Waals surface area contributed by atoms with Gasteiger partial charge in [0.25, 0.3) is 0 Å². The minimum atomic E-state index is -1.40. The lowest BCUT2D eigenvalue weighted by atomic mass is 9.81. The molecule has 0 saturated heterocycles. The number of esters is 2. The molecule has 0 aromatic carbocycles. The molecule has 0 saturated carbocycles. The molecule has 0 N–H and O–H groups in total. The number of hydrogen-bond donors (Lipinski definition) is 0. The maximum absolute atomic E-state index is 12.0. The zero-order valence-electron chi connectivity index (χ0n) is 11.9. The summed E-state index contributed by atoms with van der Waals surface area (Å²) in [5.74, 6) is 4.17. The van der Waals surface area contributed by atoms with E-state index in [1.54, 1.807) is 19.1 Å². The molecule has 0 fully saturated rings. The van der Waals surface area contributed by atoms with Crippen LogP contribution < -0.4 is 0 Å². The Morgan fingerprint density at radius 1 is 1.16 bits per heavy atom. The molecule has 4 heteroatoms. The molecule has 4 nitrogen and oxygen atoms in total. The molecule has 0 aliphatic carbocycles. The number of carbonyl (C=O) groups is 2. The molecule has 0 atom stereocenters. The minimum Gasteiger partial charge on any atom is -0.468 e. The minimum absolute atomic E-state index is 0.0724. The van der Waals surface area contributed by atoms with Crippen molar-refractivity contribution in [2.24, 2.45) is 5.41 Å². The van der Waals surface area contributed by atoms with Crippen molar-refractivity contribution in [3.05, 3.63) is 24.3 Å². The standard InChI is InChI=1S/C15H20O4/c1-5-7-9-10-12-15(11-8-6-2,13(16)18-3)14(17)19-4/h5,7,9-10H,11-12H2,1-4H3/b7-5+,10-9+. The number of carbonyl (C=O) groups excluding carboxylic acids is 2. The largest absolute Gasteiger partial charge is 0.468 e. The lowest BCUT2D eigenvalue weighted by molar-refractivity contribution is -0.168. The van der Waals surface area contributed by atoms with Gasteiger partial charge in [-0.2, -0.15) is 0 Å². The highest BCUT2D eigenvalue weighted by molar-refractivity contribution is 6.00. The van der Waals surface area contributed by atoms with Crippen molar-refractivity contribution >= 4 is 11.9 Å². The molecule has 0 spiro atoms. The third-order valence-corrected chi connectivity index (χ3v) is 2.63. The van der Waals surface area contributed by atoms with Gasteiger partial charge in [-0.25, -0.2) is 0 Å². The average Bonchev–Trinajstić information content (AvgIpc) is 2.45. The Kier molecular flexibility index (Phi) is 8.03. The van der Waals surface area contributed by atoms with E-state index in [1.165, 1.54) is 14.2 Å². The number of allylic oxidation sites excluding steroid dienone is 4. The van der Waals surface area contributed by atoms with Crippen LogP contribution in [0.4, 0.5) is 0 Å². The predicted molar refractivity (Wildman–Crippen MR) is 73.1 cm³/mol. The van der Waals surface area contributed by atoms with Gasteiger partial charge >= 0.3 is 11.9 Å². The number of methoxy groups -OCH3 is 2. The van der Waals surface area contributed by atoms with Crippen molar-refractivity contribution in [2.45, 2.75) is 26.7 Å². The van der Waals surface area contributed by atoms with E-state index in [-0.39, 0.29) is 12.8 Å². The van der Waals surface area contributed by atoms with Crippen molar-refractivity contribution in [3.63, 3.8) is 0 Å². The van der Waals surface area contributed by atoms with Gasteiger partial charge in [0.1, 0.15) is 0 Å². The highest BCUT2D eigenvalue weighted by Crippen LogP contribution is 2.30. The normalized spacial score (nSPS) is 11.2. The second-order valence-corrected chi connectivity index (χ2v) is 3.83. The zero-order valence-corrected chi connectivity index (χ0v) is 11.9. The molecule has 104 valence electrons. The van der Waals surface area contributed by atoms with Gasteiger partial charge in [-0.1, -0.05) is 24.3 Å². The van der Waals surface area contributed by atoms with E-state index in [9.17, 15) is 9.59 Å². The first-order valence-corrected chi connectivity index (χ1v) is 5.93. The first kappa shape index (κ1) is 17.0. The highest BCUT2D eigenvalue weighted by Gasteiger charge is 2.46. The average molecular weight is 264 g/mol. The van der Waals surface area contributed by atoms with Crippen LogP contribution in [0.2, 0.25) is 0 Å². The molecule has 0 rings (SSSR count). The van der Waals surface area contributed by atoms with E-state index >= 15 is 0 Å². The molecule has 0 bridgehead atoms. The first-order valence-electron chi connectivity index (χ1n) is 5.93. The molecule has 0 unspecified atom stereocenters. The van der Waals surface area contributed by atoms with Crippen LogP contribution in [0.1, 0.15) is 26.7 Å². The van der Waals surface area contributed by atoms with Crippen LogP contribution in [0.3, 0.4) is 0 Å². The summed E-state index contributed by atoms with van der Waals surface area (Å²) in [5.41, 5.74) is -1.40. The molecule has 0 aromatic rings. The monoisotopic (exact) mass is 264 g/mol. The van der Waals surface area contributed by atoms with Crippen LogP contribution in [-0.2, 0) is 19.1 Å². The molecule has 19 heavy (non-hydrogen) atoms. The lowest BCUT2D eigenvalue weighted by Crippen LogP contribution is -2.40. The van der Waals surface area contributed by atoms with Crippen molar-refractivity contribution in [1.29, 1.82) is 0 Å². The Hall–Kier alpha value is -2.02. The van der Waals surface area contributed by atoms with Gasteiger partial charge in [0, 0.05) is 6.42 Å². The highest BCUT2D eigenvalue weighted by atomic mass is 16.5. The Bertz CT molecular complexity index is 405. The number of hydrogen-bond acceptors (Lipinski definition) is 4. The maximum Gasteiger partial charge on any atom is 0.324 e. The van der Waals surface area contributed by atoms with E-state index in [0.29, 0.717) is 0 Å². The Labute approximate surface area is 114 Å². The summed E-state index contributed by atoms with van der Waals surface area (Å²) in [4.78, 5) is 23.9. The van der Waals surface area contributed by atoms with Crippen molar-refractivity contribution in [1.82, 2.24) is 0 Å². The van der Waals surface area contributed by atoms with Crippen molar-refractivity contribution in [2.75, 3.05) is 14.2 Å². The maximum atomic E-state index is 12.0. The molecule has 0 aromatic heterocycles. The molecule has 0 aliphatic heterocycles. The molecule has 0 amide bonds. The fraction of sp³-hybridized carbons (Fsp3) is 0.467. The van der Waals surface area contributed by atoms with Crippen LogP contribution in [0, 0.1) is 17.3 Å².